The molecule has 120 valence electrons. The summed E-state index contributed by atoms with van der Waals surface area (Å²) in [7, 11) is 0. The maximum atomic E-state index is 10.3. The summed E-state index contributed by atoms with van der Waals surface area (Å²) in [6.45, 7) is -0.100. The smallest absolute Gasteiger partial charge is 0.171 e. The number of fused-ring (bicyclic) bond motifs is 1. The van der Waals surface area contributed by atoms with Gasteiger partial charge in [0, 0.05) is 6.20 Å². The van der Waals surface area contributed by atoms with Crippen LogP contribution in [-0.2, 0) is 0 Å². The number of aliphatic hydroxyl groups excluding tert-OH is 2. The third kappa shape index (κ3) is 3.69. The van der Waals surface area contributed by atoms with Crippen LogP contribution in [0.25, 0.3) is 5.65 Å². The van der Waals surface area contributed by atoms with E-state index in [1.54, 1.807) is 23.0 Å². The molecule has 6 nitrogen and oxygen atoms in total. The Morgan fingerprint density at radius 3 is 2.74 bits per heavy atom. The quantitative estimate of drug-likeness (QED) is 0.615. The molecule has 0 amide bonds. The zero-order valence-corrected chi connectivity index (χ0v) is 13.9. The maximum Gasteiger partial charge on any atom is 0.171 e. The van der Waals surface area contributed by atoms with Crippen molar-refractivity contribution in [3.63, 3.8) is 0 Å². The van der Waals surface area contributed by atoms with Gasteiger partial charge in [0.05, 0.1) is 29.4 Å². The van der Waals surface area contributed by atoms with E-state index in [1.807, 2.05) is 30.3 Å². The number of aromatic nitrogens is 3. The van der Waals surface area contributed by atoms with Crippen molar-refractivity contribution in [1.29, 1.82) is 0 Å². The number of benzene rings is 1. The minimum Gasteiger partial charge on any atom is -0.394 e. The Morgan fingerprint density at radius 1 is 1.22 bits per heavy atom. The fourth-order valence-electron chi connectivity index (χ4n) is 2.39. The van der Waals surface area contributed by atoms with Gasteiger partial charge in [-0.3, -0.25) is 0 Å². The number of nitrogens with zero attached hydrogens (tertiary/aromatic N) is 3. The number of nitrogens with one attached hydrogen (secondary N) is 1. The van der Waals surface area contributed by atoms with E-state index in [2.05, 4.69) is 31.3 Å². The Kier molecular flexibility index (Phi) is 4.90. The number of rotatable bonds is 6. The molecule has 0 bridgehead atoms. The minimum atomic E-state index is -0.647. The van der Waals surface area contributed by atoms with Gasteiger partial charge >= 0.3 is 0 Å². The Morgan fingerprint density at radius 2 is 2.00 bits per heavy atom. The van der Waals surface area contributed by atoms with E-state index < -0.39 is 6.10 Å². The molecule has 3 N–H and O–H groups in total. The topological polar surface area (TPSA) is 82.7 Å². The third-order valence-electron chi connectivity index (χ3n) is 3.59. The van der Waals surface area contributed by atoms with Crippen molar-refractivity contribution in [1.82, 2.24) is 14.6 Å². The van der Waals surface area contributed by atoms with Crippen LogP contribution < -0.4 is 5.32 Å². The second kappa shape index (κ2) is 7.08. The lowest BCUT2D eigenvalue weighted by atomic mass is 10.0. The van der Waals surface area contributed by atoms with E-state index in [0.717, 1.165) is 10.0 Å². The van der Waals surface area contributed by atoms with Gasteiger partial charge in [-0.05, 0) is 34.0 Å². The molecule has 23 heavy (non-hydrogen) atoms. The fourth-order valence-corrected chi connectivity index (χ4v) is 2.75. The van der Waals surface area contributed by atoms with Crippen molar-refractivity contribution in [2.45, 2.75) is 18.6 Å². The first-order valence-electron chi connectivity index (χ1n) is 7.27. The molecule has 0 aliphatic rings. The van der Waals surface area contributed by atoms with Crippen molar-refractivity contribution < 1.29 is 10.2 Å². The van der Waals surface area contributed by atoms with Crippen molar-refractivity contribution in [3.05, 3.63) is 58.8 Å². The molecule has 7 heteroatoms. The van der Waals surface area contributed by atoms with E-state index in [9.17, 15) is 10.2 Å². The van der Waals surface area contributed by atoms with Crippen LogP contribution in [0.4, 0.5) is 5.82 Å². The largest absolute Gasteiger partial charge is 0.394 e. The van der Waals surface area contributed by atoms with Crippen LogP contribution in [0.3, 0.4) is 0 Å². The lowest BCUT2D eigenvalue weighted by Crippen LogP contribution is -2.26. The summed E-state index contributed by atoms with van der Waals surface area (Å²) in [6, 6.07) is 10.9. The summed E-state index contributed by atoms with van der Waals surface area (Å²) in [5, 5.41) is 27.2. The van der Waals surface area contributed by atoms with Crippen LogP contribution in [0.1, 0.15) is 18.1 Å². The average Bonchev–Trinajstić information content (AvgIpc) is 2.96. The van der Waals surface area contributed by atoms with Gasteiger partial charge in [-0.1, -0.05) is 30.3 Å². The highest BCUT2D eigenvalue weighted by atomic mass is 79.9. The molecule has 0 radical (unpaired) electrons. The lowest BCUT2D eigenvalue weighted by molar-refractivity contribution is 0.144. The number of halogens is 1. The van der Waals surface area contributed by atoms with Gasteiger partial charge in [0.2, 0.25) is 0 Å². The van der Waals surface area contributed by atoms with Gasteiger partial charge in [-0.25, -0.2) is 9.50 Å². The summed E-state index contributed by atoms with van der Waals surface area (Å²) < 4.78 is 2.45. The molecule has 2 aromatic heterocycles. The first-order valence-corrected chi connectivity index (χ1v) is 8.07. The fraction of sp³-hybridized carbons (Fsp3) is 0.250. The lowest BCUT2D eigenvalue weighted by Gasteiger charge is -2.20. The molecule has 3 rings (SSSR count). The summed E-state index contributed by atoms with van der Waals surface area (Å²) in [5.74, 6) is 0.623. The van der Waals surface area contributed by atoms with Gasteiger partial charge < -0.3 is 15.5 Å². The summed E-state index contributed by atoms with van der Waals surface area (Å²) in [5.41, 5.74) is 1.52. The Bertz CT molecular complexity index is 778. The molecule has 0 aliphatic carbocycles. The maximum absolute atomic E-state index is 10.3. The SMILES string of the molecule is OCC(CC(O)c1ccccc1)Nc1ccn2ncc(Br)c2n1. The number of anilines is 1. The van der Waals surface area contributed by atoms with Crippen LogP contribution in [-0.4, -0.2) is 37.5 Å². The van der Waals surface area contributed by atoms with Crippen LogP contribution in [0.15, 0.2) is 53.3 Å². The van der Waals surface area contributed by atoms with Gasteiger partial charge in [0.15, 0.2) is 5.65 Å². The third-order valence-corrected chi connectivity index (χ3v) is 4.15. The first kappa shape index (κ1) is 15.9. The molecular formula is C16H17BrN4O2. The molecule has 2 heterocycles. The number of hydrogen-bond acceptors (Lipinski definition) is 5. The van der Waals surface area contributed by atoms with Crippen LogP contribution in [0.5, 0.6) is 0 Å². The number of aliphatic hydroxyl groups is 2. The molecule has 0 saturated heterocycles. The molecular weight excluding hydrogens is 360 g/mol. The Hall–Kier alpha value is -1.96. The molecule has 3 aromatic rings. The van der Waals surface area contributed by atoms with E-state index in [4.69, 9.17) is 0 Å². The van der Waals surface area contributed by atoms with Crippen molar-refractivity contribution >= 4 is 27.4 Å². The summed E-state index contributed by atoms with van der Waals surface area (Å²) in [6.07, 6.45) is 3.20. The summed E-state index contributed by atoms with van der Waals surface area (Å²) >= 11 is 3.39. The highest BCUT2D eigenvalue weighted by Crippen LogP contribution is 2.21. The first-order chi connectivity index (χ1) is 11.2. The Labute approximate surface area is 141 Å². The molecule has 0 saturated carbocycles. The Balaban J connectivity index is 1.71. The summed E-state index contributed by atoms with van der Waals surface area (Å²) in [4.78, 5) is 4.45. The molecule has 0 aliphatic heterocycles. The van der Waals surface area contributed by atoms with Crippen LogP contribution in [0, 0.1) is 0 Å². The monoisotopic (exact) mass is 376 g/mol. The highest BCUT2D eigenvalue weighted by molar-refractivity contribution is 9.10. The predicted octanol–water partition coefficient (Wildman–Crippen LogP) is 2.39. The average molecular weight is 377 g/mol. The van der Waals surface area contributed by atoms with E-state index in [1.165, 1.54) is 0 Å². The second-order valence-electron chi connectivity index (χ2n) is 5.26. The van der Waals surface area contributed by atoms with Crippen LogP contribution >= 0.6 is 15.9 Å². The second-order valence-corrected chi connectivity index (χ2v) is 6.11. The van der Waals surface area contributed by atoms with Gasteiger partial charge in [-0.2, -0.15) is 5.10 Å². The van der Waals surface area contributed by atoms with Crippen molar-refractivity contribution in [3.8, 4) is 0 Å². The van der Waals surface area contributed by atoms with Crippen molar-refractivity contribution in [2.24, 2.45) is 0 Å². The van der Waals surface area contributed by atoms with Gasteiger partial charge in [0.1, 0.15) is 5.82 Å². The minimum absolute atomic E-state index is 0.100. The van der Waals surface area contributed by atoms with E-state index >= 15 is 0 Å². The molecule has 2 atom stereocenters. The molecule has 0 fully saturated rings. The molecule has 2 unspecified atom stereocenters. The zero-order valence-electron chi connectivity index (χ0n) is 12.3. The van der Waals surface area contributed by atoms with Gasteiger partial charge in [-0.15, -0.1) is 0 Å². The van der Waals surface area contributed by atoms with Crippen LogP contribution in [0.2, 0.25) is 0 Å². The zero-order chi connectivity index (χ0) is 16.2. The highest BCUT2D eigenvalue weighted by Gasteiger charge is 2.16. The predicted molar refractivity (Wildman–Crippen MR) is 91.2 cm³/mol. The van der Waals surface area contributed by atoms with E-state index in [-0.39, 0.29) is 12.6 Å². The standard InChI is InChI=1S/C16H17BrN4O2/c17-13-9-18-21-7-6-15(20-16(13)21)19-12(10-22)8-14(23)11-4-2-1-3-5-11/h1-7,9,12,14,22-23H,8,10H2,(H,19,20). The number of hydrogen-bond donors (Lipinski definition) is 3. The molecule has 0 spiro atoms. The normalized spacial score (nSPS) is 13.9. The molecule has 1 aromatic carbocycles. The van der Waals surface area contributed by atoms with Crippen molar-refractivity contribution in [2.75, 3.05) is 11.9 Å². The van der Waals surface area contributed by atoms with Gasteiger partial charge in [0.25, 0.3) is 0 Å². The van der Waals surface area contributed by atoms with E-state index in [0.29, 0.717) is 17.9 Å².